The Bertz CT molecular complexity index is 1330. The molecule has 4 aromatic rings. The van der Waals surface area contributed by atoms with Crippen LogP contribution in [0, 0.1) is 0 Å². The average molecular weight is 447 g/mol. The Balaban J connectivity index is 1.70. The Labute approximate surface area is 188 Å². The normalized spacial score (nSPS) is 11.7. The van der Waals surface area contributed by atoms with E-state index in [1.165, 1.54) is 0 Å². The quantitative estimate of drug-likeness (QED) is 0.405. The molecular formula is C26H26N2O3S. The van der Waals surface area contributed by atoms with Crippen LogP contribution in [0.25, 0.3) is 10.9 Å². The van der Waals surface area contributed by atoms with Crippen molar-refractivity contribution in [2.45, 2.75) is 42.8 Å². The molecule has 1 aromatic heterocycles. The number of rotatable bonds is 7. The van der Waals surface area contributed by atoms with Crippen LogP contribution in [0.5, 0.6) is 0 Å². The topological polar surface area (TPSA) is 59.4 Å². The maximum absolute atomic E-state index is 13.3. The Morgan fingerprint density at radius 3 is 2.12 bits per heavy atom. The summed E-state index contributed by atoms with van der Waals surface area (Å²) in [5.41, 5.74) is 1.78. The lowest BCUT2D eigenvalue weighted by Gasteiger charge is -2.27. The molecule has 0 saturated heterocycles. The Hall–Kier alpha value is -3.38. The molecule has 0 N–H and O–H groups in total. The van der Waals surface area contributed by atoms with Gasteiger partial charge in [-0.1, -0.05) is 66.7 Å². The molecule has 0 aliphatic rings. The minimum Gasteiger partial charge on any atom is -0.337 e. The molecular weight excluding hydrogens is 420 g/mol. The van der Waals surface area contributed by atoms with Gasteiger partial charge in [0.05, 0.1) is 9.79 Å². The average Bonchev–Trinajstić information content (AvgIpc) is 3.18. The van der Waals surface area contributed by atoms with Crippen LogP contribution in [0.1, 0.15) is 19.4 Å². The lowest BCUT2D eigenvalue weighted by molar-refractivity contribution is -0.134. The van der Waals surface area contributed by atoms with Crippen LogP contribution in [0.4, 0.5) is 0 Å². The second kappa shape index (κ2) is 9.01. The molecule has 32 heavy (non-hydrogen) atoms. The SMILES string of the molecule is CC(C)N(Cc1ccccc1)C(=O)Cn1cc(S(=O)(=O)c2ccccc2)c2ccccc21. The maximum atomic E-state index is 13.3. The minimum absolute atomic E-state index is 0.0112. The number of nitrogens with zero attached hydrogens (tertiary/aromatic N) is 2. The number of amides is 1. The highest BCUT2D eigenvalue weighted by atomic mass is 32.2. The molecule has 0 atom stereocenters. The molecule has 4 rings (SSSR count). The van der Waals surface area contributed by atoms with Crippen molar-refractivity contribution in [3.05, 3.63) is 96.7 Å². The highest BCUT2D eigenvalue weighted by Crippen LogP contribution is 2.30. The predicted octanol–water partition coefficient (Wildman–Crippen LogP) is 4.91. The summed E-state index contributed by atoms with van der Waals surface area (Å²) in [7, 11) is -3.71. The Morgan fingerprint density at radius 2 is 1.47 bits per heavy atom. The zero-order valence-electron chi connectivity index (χ0n) is 18.2. The van der Waals surface area contributed by atoms with Crippen molar-refractivity contribution < 1.29 is 13.2 Å². The zero-order valence-corrected chi connectivity index (χ0v) is 19.0. The fourth-order valence-corrected chi connectivity index (χ4v) is 5.36. The molecule has 3 aromatic carbocycles. The van der Waals surface area contributed by atoms with Gasteiger partial charge in [-0.3, -0.25) is 4.79 Å². The first-order chi connectivity index (χ1) is 15.4. The number of sulfone groups is 1. The Kier molecular flexibility index (Phi) is 6.15. The van der Waals surface area contributed by atoms with Gasteiger partial charge in [0.1, 0.15) is 6.54 Å². The number of para-hydroxylation sites is 1. The summed E-state index contributed by atoms with van der Waals surface area (Å²) < 4.78 is 28.4. The first kappa shape index (κ1) is 21.8. The van der Waals surface area contributed by atoms with Gasteiger partial charge in [-0.05, 0) is 37.6 Å². The molecule has 1 amide bonds. The summed E-state index contributed by atoms with van der Waals surface area (Å²) in [6.07, 6.45) is 1.59. The molecule has 0 saturated carbocycles. The molecule has 5 nitrogen and oxygen atoms in total. The summed E-state index contributed by atoms with van der Waals surface area (Å²) >= 11 is 0. The predicted molar refractivity (Wildman–Crippen MR) is 126 cm³/mol. The second-order valence-corrected chi connectivity index (χ2v) is 9.97. The van der Waals surface area contributed by atoms with Crippen molar-refractivity contribution in [3.63, 3.8) is 0 Å². The van der Waals surface area contributed by atoms with Gasteiger partial charge in [0, 0.05) is 29.7 Å². The van der Waals surface area contributed by atoms with Crippen LogP contribution in [0.15, 0.2) is 101 Å². The number of carbonyl (C=O) groups excluding carboxylic acids is 1. The van der Waals surface area contributed by atoms with E-state index in [1.807, 2.05) is 67.3 Å². The first-order valence-electron chi connectivity index (χ1n) is 10.6. The molecule has 0 fully saturated rings. The van der Waals surface area contributed by atoms with E-state index in [9.17, 15) is 13.2 Å². The summed E-state index contributed by atoms with van der Waals surface area (Å²) in [5, 5.41) is 0.614. The monoisotopic (exact) mass is 446 g/mol. The van der Waals surface area contributed by atoms with Crippen molar-refractivity contribution in [3.8, 4) is 0 Å². The summed E-state index contributed by atoms with van der Waals surface area (Å²) in [6, 6.07) is 25.6. The van der Waals surface area contributed by atoms with E-state index in [0.29, 0.717) is 11.9 Å². The van der Waals surface area contributed by atoms with Gasteiger partial charge in [-0.15, -0.1) is 0 Å². The van der Waals surface area contributed by atoms with E-state index in [2.05, 4.69) is 0 Å². The van der Waals surface area contributed by atoms with Crippen LogP contribution in [0.3, 0.4) is 0 Å². The van der Waals surface area contributed by atoms with Gasteiger partial charge in [-0.25, -0.2) is 8.42 Å². The van der Waals surface area contributed by atoms with Gasteiger partial charge in [0.25, 0.3) is 0 Å². The number of fused-ring (bicyclic) bond motifs is 1. The van der Waals surface area contributed by atoms with Gasteiger partial charge >= 0.3 is 0 Å². The highest BCUT2D eigenvalue weighted by molar-refractivity contribution is 7.91. The van der Waals surface area contributed by atoms with Crippen LogP contribution in [-0.4, -0.2) is 29.8 Å². The van der Waals surface area contributed by atoms with E-state index in [0.717, 1.165) is 11.1 Å². The fraction of sp³-hybridized carbons (Fsp3) is 0.192. The summed E-state index contributed by atoms with van der Waals surface area (Å²) in [5.74, 6) is -0.0618. The number of benzene rings is 3. The van der Waals surface area contributed by atoms with Crippen molar-refractivity contribution in [1.82, 2.24) is 9.47 Å². The van der Waals surface area contributed by atoms with Crippen LogP contribution in [0.2, 0.25) is 0 Å². The largest absolute Gasteiger partial charge is 0.337 e. The van der Waals surface area contributed by atoms with Crippen molar-refractivity contribution in [1.29, 1.82) is 0 Å². The van der Waals surface area contributed by atoms with E-state index < -0.39 is 9.84 Å². The zero-order chi connectivity index (χ0) is 22.7. The number of carbonyl (C=O) groups is 1. The van der Waals surface area contributed by atoms with Gasteiger partial charge in [-0.2, -0.15) is 0 Å². The molecule has 0 radical (unpaired) electrons. The van der Waals surface area contributed by atoms with Crippen molar-refractivity contribution in [2.75, 3.05) is 0 Å². The fourth-order valence-electron chi connectivity index (χ4n) is 3.86. The van der Waals surface area contributed by atoms with Gasteiger partial charge in [0.2, 0.25) is 15.7 Å². The maximum Gasteiger partial charge on any atom is 0.243 e. The smallest absolute Gasteiger partial charge is 0.243 e. The molecule has 0 aliphatic carbocycles. The second-order valence-electron chi connectivity index (χ2n) is 8.06. The molecule has 0 spiro atoms. The summed E-state index contributed by atoms with van der Waals surface area (Å²) in [6.45, 7) is 4.54. The Morgan fingerprint density at radius 1 is 0.875 bits per heavy atom. The van der Waals surface area contributed by atoms with Crippen molar-refractivity contribution >= 4 is 26.6 Å². The third-order valence-electron chi connectivity index (χ3n) is 5.54. The van der Waals surface area contributed by atoms with E-state index >= 15 is 0 Å². The van der Waals surface area contributed by atoms with Crippen molar-refractivity contribution in [2.24, 2.45) is 0 Å². The third kappa shape index (κ3) is 4.32. The number of aromatic nitrogens is 1. The van der Waals surface area contributed by atoms with Crippen LogP contribution < -0.4 is 0 Å². The molecule has 6 heteroatoms. The minimum atomic E-state index is -3.71. The molecule has 164 valence electrons. The van der Waals surface area contributed by atoms with Gasteiger partial charge < -0.3 is 9.47 Å². The summed E-state index contributed by atoms with van der Waals surface area (Å²) in [4.78, 5) is 15.6. The standard InChI is InChI=1S/C26H26N2O3S/c1-20(2)28(17-21-11-5-3-6-12-21)26(29)19-27-18-25(23-15-9-10-16-24(23)27)32(30,31)22-13-7-4-8-14-22/h3-16,18,20H,17,19H2,1-2H3. The van der Waals surface area contributed by atoms with E-state index in [-0.39, 0.29) is 28.3 Å². The first-order valence-corrected chi connectivity index (χ1v) is 12.1. The molecule has 0 unspecified atom stereocenters. The van der Waals surface area contributed by atoms with E-state index in [1.54, 1.807) is 47.2 Å². The lowest BCUT2D eigenvalue weighted by Crippen LogP contribution is -2.38. The lowest BCUT2D eigenvalue weighted by atomic mass is 10.2. The molecule has 0 aliphatic heterocycles. The highest BCUT2D eigenvalue weighted by Gasteiger charge is 2.25. The van der Waals surface area contributed by atoms with Crippen LogP contribution in [-0.2, 0) is 27.7 Å². The third-order valence-corrected chi connectivity index (χ3v) is 7.34. The van der Waals surface area contributed by atoms with Crippen LogP contribution >= 0.6 is 0 Å². The number of hydrogen-bond donors (Lipinski definition) is 0. The van der Waals surface area contributed by atoms with E-state index in [4.69, 9.17) is 0 Å². The van der Waals surface area contributed by atoms with Gasteiger partial charge in [0.15, 0.2) is 0 Å². The number of hydrogen-bond acceptors (Lipinski definition) is 3. The molecule has 0 bridgehead atoms. The molecule has 1 heterocycles.